The summed E-state index contributed by atoms with van der Waals surface area (Å²) in [5, 5.41) is 11.7. The highest BCUT2D eigenvalue weighted by molar-refractivity contribution is 9.10. The van der Waals surface area contributed by atoms with Gasteiger partial charge in [0.2, 0.25) is 0 Å². The van der Waals surface area contributed by atoms with Crippen LogP contribution in [0, 0.1) is 5.92 Å². The number of aryl methyl sites for hydroxylation is 1. The number of rotatable bonds is 2. The lowest BCUT2D eigenvalue weighted by atomic mass is 9.78. The number of aromatic amines is 1. The first kappa shape index (κ1) is 15.8. The number of fused-ring (bicyclic) bond motifs is 3. The Balaban J connectivity index is 2.22. The Labute approximate surface area is 142 Å². The minimum Gasteiger partial charge on any atom is -0.390 e. The molecule has 3 rings (SSSR count). The largest absolute Gasteiger partial charge is 0.390 e. The lowest BCUT2D eigenvalue weighted by Gasteiger charge is -2.32. The molecule has 0 aliphatic heterocycles. The maximum atomic E-state index is 11.7. The van der Waals surface area contributed by atoms with Crippen molar-refractivity contribution in [3.05, 3.63) is 32.4 Å². The van der Waals surface area contributed by atoms with E-state index in [9.17, 15) is 9.90 Å². The van der Waals surface area contributed by atoms with Crippen molar-refractivity contribution in [2.24, 2.45) is 11.7 Å². The molecule has 0 saturated heterocycles. The molecule has 1 aromatic heterocycles. The Bertz CT molecular complexity index is 777. The van der Waals surface area contributed by atoms with Gasteiger partial charge in [0.25, 0.3) is 5.91 Å². The van der Waals surface area contributed by atoms with Gasteiger partial charge in [-0.25, -0.2) is 0 Å². The number of nitrogens with two attached hydrogens (primary N) is 1. The average molecular weight is 386 g/mol. The minimum atomic E-state index is -0.726. The second-order valence-electron chi connectivity index (χ2n) is 6.51. The Hall–Kier alpha value is -1.04. The monoisotopic (exact) mass is 384 g/mol. The number of aromatic nitrogens is 1. The first-order valence-electron chi connectivity index (χ1n) is 7.23. The van der Waals surface area contributed by atoms with E-state index in [1.54, 1.807) is 6.07 Å². The highest BCUT2D eigenvalue weighted by Crippen LogP contribution is 2.42. The van der Waals surface area contributed by atoms with Crippen molar-refractivity contribution >= 4 is 44.3 Å². The molecule has 0 radical (unpaired) electrons. The van der Waals surface area contributed by atoms with Crippen LogP contribution in [0.3, 0.4) is 0 Å². The summed E-state index contributed by atoms with van der Waals surface area (Å²) in [5.41, 5.74) is 8.10. The number of H-pyrrole nitrogens is 1. The predicted octanol–water partition coefficient (Wildman–Crippen LogP) is 3.56. The maximum Gasteiger partial charge on any atom is 0.250 e. The SMILES string of the molecule is CC(C)(O)[C@H]1CCc2c([nH]c3c(C(N)=O)cc(Cl)c(Br)c23)C1. The molecule has 1 heterocycles. The zero-order valence-corrected chi connectivity index (χ0v) is 14.8. The number of nitrogens with one attached hydrogen (secondary N) is 1. The summed E-state index contributed by atoms with van der Waals surface area (Å²) in [7, 11) is 0. The van der Waals surface area contributed by atoms with Crippen LogP contribution in [0.1, 0.15) is 41.9 Å². The molecule has 1 aromatic carbocycles. The van der Waals surface area contributed by atoms with Crippen LogP contribution in [0.5, 0.6) is 0 Å². The van der Waals surface area contributed by atoms with E-state index in [1.807, 2.05) is 13.8 Å². The molecule has 0 saturated carbocycles. The molecule has 1 atom stereocenters. The summed E-state index contributed by atoms with van der Waals surface area (Å²) in [6, 6.07) is 1.59. The number of halogens is 2. The van der Waals surface area contributed by atoms with Crippen LogP contribution in [0.4, 0.5) is 0 Å². The van der Waals surface area contributed by atoms with E-state index in [2.05, 4.69) is 20.9 Å². The number of carbonyl (C=O) groups is 1. The molecular weight excluding hydrogens is 368 g/mol. The van der Waals surface area contributed by atoms with Crippen LogP contribution >= 0.6 is 27.5 Å². The summed E-state index contributed by atoms with van der Waals surface area (Å²) in [6.45, 7) is 3.68. The summed E-state index contributed by atoms with van der Waals surface area (Å²) in [5.74, 6) is -0.323. The molecule has 0 fully saturated rings. The van der Waals surface area contributed by atoms with Gasteiger partial charge in [-0.2, -0.15) is 0 Å². The first-order chi connectivity index (χ1) is 10.2. The molecule has 1 amide bonds. The third-order valence-corrected chi connectivity index (χ3v) is 5.97. The summed E-state index contributed by atoms with van der Waals surface area (Å²) in [4.78, 5) is 15.0. The van der Waals surface area contributed by atoms with E-state index >= 15 is 0 Å². The molecule has 4 nitrogen and oxygen atoms in total. The van der Waals surface area contributed by atoms with Crippen molar-refractivity contribution in [3.8, 4) is 0 Å². The molecule has 4 N–H and O–H groups in total. The van der Waals surface area contributed by atoms with Crippen LogP contribution in [-0.4, -0.2) is 21.6 Å². The van der Waals surface area contributed by atoms with Crippen molar-refractivity contribution in [1.82, 2.24) is 4.98 Å². The molecule has 6 heteroatoms. The Morgan fingerprint density at radius 2 is 2.23 bits per heavy atom. The van der Waals surface area contributed by atoms with Crippen molar-refractivity contribution in [2.75, 3.05) is 0 Å². The molecule has 0 bridgehead atoms. The van der Waals surface area contributed by atoms with Gasteiger partial charge in [0.15, 0.2) is 0 Å². The van der Waals surface area contributed by atoms with E-state index in [4.69, 9.17) is 17.3 Å². The van der Waals surface area contributed by atoms with Crippen molar-refractivity contribution in [1.29, 1.82) is 0 Å². The molecule has 0 spiro atoms. The second kappa shape index (κ2) is 5.25. The van der Waals surface area contributed by atoms with Crippen molar-refractivity contribution in [2.45, 2.75) is 38.7 Å². The topological polar surface area (TPSA) is 79.1 Å². The third kappa shape index (κ3) is 2.45. The molecule has 118 valence electrons. The highest BCUT2D eigenvalue weighted by Gasteiger charge is 2.33. The van der Waals surface area contributed by atoms with Crippen LogP contribution < -0.4 is 5.73 Å². The number of hydrogen-bond acceptors (Lipinski definition) is 2. The molecule has 22 heavy (non-hydrogen) atoms. The number of hydrogen-bond donors (Lipinski definition) is 3. The van der Waals surface area contributed by atoms with E-state index < -0.39 is 11.5 Å². The highest BCUT2D eigenvalue weighted by atomic mass is 79.9. The first-order valence-corrected chi connectivity index (χ1v) is 8.40. The van der Waals surface area contributed by atoms with Crippen molar-refractivity contribution < 1.29 is 9.90 Å². The van der Waals surface area contributed by atoms with Gasteiger partial charge in [-0.3, -0.25) is 4.79 Å². The van der Waals surface area contributed by atoms with Crippen molar-refractivity contribution in [3.63, 3.8) is 0 Å². The maximum absolute atomic E-state index is 11.7. The summed E-state index contributed by atoms with van der Waals surface area (Å²) in [6.07, 6.45) is 2.48. The predicted molar refractivity (Wildman–Crippen MR) is 91.3 cm³/mol. The van der Waals surface area contributed by atoms with Gasteiger partial charge >= 0.3 is 0 Å². The van der Waals surface area contributed by atoms with Gasteiger partial charge in [-0.1, -0.05) is 11.6 Å². The van der Waals surface area contributed by atoms with E-state index in [0.717, 1.165) is 45.9 Å². The molecule has 1 aliphatic rings. The van der Waals surface area contributed by atoms with Crippen LogP contribution in [0.2, 0.25) is 5.02 Å². The Morgan fingerprint density at radius 1 is 1.55 bits per heavy atom. The van der Waals surface area contributed by atoms with Crippen LogP contribution in [0.25, 0.3) is 10.9 Å². The standard InChI is InChI=1S/C16H18BrClN2O2/c1-16(2,22)7-3-4-8-11(5-7)20-14-9(15(19)21)6-10(18)13(17)12(8)14/h6-7,20,22H,3-5H2,1-2H3,(H2,19,21)/t7-/m0/s1. The molecular formula is C16H18BrClN2O2. The quantitative estimate of drug-likeness (QED) is 0.739. The second-order valence-corrected chi connectivity index (χ2v) is 7.71. The number of primary amides is 1. The Kier molecular flexibility index (Phi) is 3.78. The number of aliphatic hydroxyl groups is 1. The van der Waals surface area contributed by atoms with Gasteiger partial charge in [0.05, 0.1) is 21.7 Å². The zero-order valence-electron chi connectivity index (χ0n) is 12.5. The fraction of sp³-hybridized carbons (Fsp3) is 0.438. The number of carbonyl (C=O) groups excluding carboxylic acids is 1. The molecule has 0 unspecified atom stereocenters. The van der Waals surface area contributed by atoms with E-state index in [-0.39, 0.29) is 5.92 Å². The number of benzene rings is 1. The average Bonchev–Trinajstić information content (AvgIpc) is 2.79. The summed E-state index contributed by atoms with van der Waals surface area (Å²) >= 11 is 9.75. The molecule has 1 aliphatic carbocycles. The van der Waals surface area contributed by atoms with Gasteiger partial charge in [-0.05, 0) is 66.6 Å². The minimum absolute atomic E-state index is 0.180. The lowest BCUT2D eigenvalue weighted by molar-refractivity contribution is 0.0107. The molecule has 2 aromatic rings. The van der Waals surface area contributed by atoms with Gasteiger partial charge < -0.3 is 15.8 Å². The van der Waals surface area contributed by atoms with Gasteiger partial charge in [0, 0.05) is 15.6 Å². The lowest BCUT2D eigenvalue weighted by Crippen LogP contribution is -2.34. The van der Waals surface area contributed by atoms with Crippen LogP contribution in [-0.2, 0) is 12.8 Å². The third-order valence-electron chi connectivity index (χ3n) is 4.62. The fourth-order valence-electron chi connectivity index (χ4n) is 3.33. The smallest absolute Gasteiger partial charge is 0.250 e. The Morgan fingerprint density at radius 3 is 2.82 bits per heavy atom. The van der Waals surface area contributed by atoms with Crippen LogP contribution in [0.15, 0.2) is 10.5 Å². The van der Waals surface area contributed by atoms with E-state index in [1.165, 1.54) is 0 Å². The fourth-order valence-corrected chi connectivity index (χ4v) is 4.09. The number of amides is 1. The zero-order chi connectivity index (χ0) is 16.2. The van der Waals surface area contributed by atoms with Gasteiger partial charge in [0.1, 0.15) is 0 Å². The summed E-state index contributed by atoms with van der Waals surface area (Å²) < 4.78 is 0.786. The van der Waals surface area contributed by atoms with Gasteiger partial charge in [-0.15, -0.1) is 0 Å². The van der Waals surface area contributed by atoms with E-state index in [0.29, 0.717) is 10.6 Å². The normalized spacial score (nSPS) is 18.5.